The molecule has 1 aliphatic carbocycles. The zero-order chi connectivity index (χ0) is 13.7. The molecule has 106 valence electrons. The lowest BCUT2D eigenvalue weighted by Gasteiger charge is -2.27. The van der Waals surface area contributed by atoms with Crippen LogP contribution in [0.15, 0.2) is 16.5 Å². The summed E-state index contributed by atoms with van der Waals surface area (Å²) in [5.74, 6) is 0.627. The topological polar surface area (TPSA) is 51.5 Å². The van der Waals surface area contributed by atoms with Crippen LogP contribution in [0.1, 0.15) is 55.3 Å². The molecule has 1 N–H and O–H groups in total. The minimum absolute atomic E-state index is 0.269. The van der Waals surface area contributed by atoms with Gasteiger partial charge >= 0.3 is 5.97 Å². The van der Waals surface area contributed by atoms with Crippen LogP contribution in [0, 0.1) is 5.41 Å². The Morgan fingerprint density at radius 2 is 2.16 bits per heavy atom. The van der Waals surface area contributed by atoms with Gasteiger partial charge in [-0.1, -0.05) is 19.8 Å². The minimum Gasteiger partial charge on any atom is -0.463 e. The third-order valence-corrected chi connectivity index (χ3v) is 4.26. The van der Waals surface area contributed by atoms with Gasteiger partial charge in [-0.05, 0) is 36.8 Å². The molecule has 0 bridgehead atoms. The average molecular weight is 265 g/mol. The van der Waals surface area contributed by atoms with Gasteiger partial charge in [0.25, 0.3) is 0 Å². The molecule has 1 heterocycles. The Kier molecular flexibility index (Phi) is 4.64. The third kappa shape index (κ3) is 3.38. The largest absolute Gasteiger partial charge is 0.463 e. The first kappa shape index (κ1) is 14.1. The Morgan fingerprint density at radius 3 is 2.79 bits per heavy atom. The van der Waals surface area contributed by atoms with Gasteiger partial charge in [-0.25, -0.2) is 4.79 Å². The molecule has 0 radical (unpaired) electrons. The van der Waals surface area contributed by atoms with Crippen LogP contribution in [0.3, 0.4) is 0 Å². The van der Waals surface area contributed by atoms with Crippen molar-refractivity contribution < 1.29 is 13.9 Å². The Labute approximate surface area is 114 Å². The molecule has 0 aliphatic heterocycles. The summed E-state index contributed by atoms with van der Waals surface area (Å²) in [5.41, 5.74) is 0.470. The minimum atomic E-state index is -0.424. The van der Waals surface area contributed by atoms with Crippen LogP contribution in [0.2, 0.25) is 0 Å². The van der Waals surface area contributed by atoms with Crippen molar-refractivity contribution in [1.29, 1.82) is 0 Å². The van der Waals surface area contributed by atoms with Crippen molar-refractivity contribution >= 4 is 5.97 Å². The first-order valence-electron chi connectivity index (χ1n) is 7.07. The fourth-order valence-corrected chi connectivity index (χ4v) is 2.91. The molecule has 0 unspecified atom stereocenters. The van der Waals surface area contributed by atoms with Crippen molar-refractivity contribution in [3.63, 3.8) is 0 Å². The van der Waals surface area contributed by atoms with Crippen molar-refractivity contribution in [2.45, 2.75) is 45.6 Å². The zero-order valence-electron chi connectivity index (χ0n) is 11.8. The number of rotatable bonds is 6. The van der Waals surface area contributed by atoms with E-state index < -0.39 is 5.97 Å². The van der Waals surface area contributed by atoms with Crippen LogP contribution in [0.25, 0.3) is 0 Å². The molecule has 1 aromatic heterocycles. The number of esters is 1. The highest BCUT2D eigenvalue weighted by Gasteiger charge is 2.31. The summed E-state index contributed by atoms with van der Waals surface area (Å²) >= 11 is 0. The van der Waals surface area contributed by atoms with Gasteiger partial charge in [0.15, 0.2) is 0 Å². The predicted molar refractivity (Wildman–Crippen MR) is 72.9 cm³/mol. The van der Waals surface area contributed by atoms with E-state index in [1.54, 1.807) is 6.07 Å². The Morgan fingerprint density at radius 1 is 1.42 bits per heavy atom. The molecule has 1 aliphatic rings. The maximum Gasteiger partial charge on any atom is 0.373 e. The zero-order valence-corrected chi connectivity index (χ0v) is 11.8. The third-order valence-electron chi connectivity index (χ3n) is 4.26. The summed E-state index contributed by atoms with van der Waals surface area (Å²) in [5, 5.41) is 3.46. The summed E-state index contributed by atoms with van der Waals surface area (Å²) in [6, 6.07) is 3.49. The molecule has 4 nitrogen and oxygen atoms in total. The number of carbonyl (C=O) groups is 1. The Hall–Kier alpha value is -1.29. The first-order valence-corrected chi connectivity index (χ1v) is 7.07. The van der Waals surface area contributed by atoms with E-state index in [2.05, 4.69) is 17.0 Å². The van der Waals surface area contributed by atoms with Gasteiger partial charge in [0.05, 0.1) is 13.7 Å². The standard InChI is InChI=1S/C15H23NO3/c1-3-15(8-4-5-9-15)11-16-10-12-6-7-13(19-12)14(17)18-2/h6-7,16H,3-5,8-11H2,1-2H3. The van der Waals surface area contributed by atoms with Crippen molar-refractivity contribution in [2.24, 2.45) is 5.41 Å². The molecule has 0 aromatic carbocycles. The fourth-order valence-electron chi connectivity index (χ4n) is 2.91. The number of hydrogen-bond acceptors (Lipinski definition) is 4. The Balaban J connectivity index is 1.82. The lowest BCUT2D eigenvalue weighted by atomic mass is 9.83. The normalized spacial score (nSPS) is 17.6. The van der Waals surface area contributed by atoms with E-state index in [0.29, 0.717) is 12.0 Å². The van der Waals surface area contributed by atoms with Crippen LogP contribution in [0.4, 0.5) is 0 Å². The average Bonchev–Trinajstić information content (AvgIpc) is 3.08. The van der Waals surface area contributed by atoms with Crippen molar-refractivity contribution in [2.75, 3.05) is 13.7 Å². The number of methoxy groups -OCH3 is 1. The first-order chi connectivity index (χ1) is 9.19. The van der Waals surface area contributed by atoms with Crippen LogP contribution >= 0.6 is 0 Å². The van der Waals surface area contributed by atoms with Crippen LogP contribution < -0.4 is 5.32 Å². The van der Waals surface area contributed by atoms with E-state index in [0.717, 1.165) is 12.3 Å². The van der Waals surface area contributed by atoms with E-state index in [1.165, 1.54) is 39.2 Å². The number of carbonyl (C=O) groups excluding carboxylic acids is 1. The fraction of sp³-hybridized carbons (Fsp3) is 0.667. The Bertz CT molecular complexity index is 419. The monoisotopic (exact) mass is 265 g/mol. The molecule has 1 fully saturated rings. The summed E-state index contributed by atoms with van der Waals surface area (Å²) in [4.78, 5) is 11.3. The highest BCUT2D eigenvalue weighted by atomic mass is 16.5. The van der Waals surface area contributed by atoms with Gasteiger partial charge in [0, 0.05) is 6.54 Å². The molecular weight excluding hydrogens is 242 g/mol. The second kappa shape index (κ2) is 6.24. The molecule has 0 spiro atoms. The highest BCUT2D eigenvalue weighted by molar-refractivity contribution is 5.86. The summed E-state index contributed by atoms with van der Waals surface area (Å²) in [7, 11) is 1.36. The van der Waals surface area contributed by atoms with E-state index in [9.17, 15) is 4.79 Å². The molecular formula is C15H23NO3. The van der Waals surface area contributed by atoms with Gasteiger partial charge < -0.3 is 14.5 Å². The second-order valence-corrected chi connectivity index (χ2v) is 5.42. The van der Waals surface area contributed by atoms with Crippen LogP contribution in [0.5, 0.6) is 0 Å². The number of nitrogens with one attached hydrogen (secondary N) is 1. The molecule has 1 saturated carbocycles. The van der Waals surface area contributed by atoms with Crippen LogP contribution in [-0.4, -0.2) is 19.6 Å². The number of ether oxygens (including phenoxy) is 1. The van der Waals surface area contributed by atoms with Gasteiger partial charge in [-0.2, -0.15) is 0 Å². The molecule has 0 saturated heterocycles. The van der Waals surface area contributed by atoms with Gasteiger partial charge in [-0.15, -0.1) is 0 Å². The van der Waals surface area contributed by atoms with Crippen molar-refractivity contribution in [3.8, 4) is 0 Å². The summed E-state index contributed by atoms with van der Waals surface area (Å²) in [6.45, 7) is 3.96. The van der Waals surface area contributed by atoms with Gasteiger partial charge in [0.1, 0.15) is 5.76 Å². The number of furan rings is 1. The maximum absolute atomic E-state index is 11.3. The SMILES string of the molecule is CCC1(CNCc2ccc(C(=O)OC)o2)CCCC1. The van der Waals surface area contributed by atoms with Crippen molar-refractivity contribution in [3.05, 3.63) is 23.7 Å². The van der Waals surface area contributed by atoms with Crippen LogP contribution in [-0.2, 0) is 11.3 Å². The van der Waals surface area contributed by atoms with Crippen molar-refractivity contribution in [1.82, 2.24) is 5.32 Å². The molecule has 0 amide bonds. The quantitative estimate of drug-likeness (QED) is 0.803. The highest BCUT2D eigenvalue weighted by Crippen LogP contribution is 2.40. The molecule has 2 rings (SSSR count). The van der Waals surface area contributed by atoms with E-state index in [1.807, 2.05) is 6.07 Å². The van der Waals surface area contributed by atoms with Gasteiger partial charge in [-0.3, -0.25) is 0 Å². The maximum atomic E-state index is 11.3. The predicted octanol–water partition coefficient (Wildman–Crippen LogP) is 3.13. The van der Waals surface area contributed by atoms with E-state index in [-0.39, 0.29) is 5.76 Å². The van der Waals surface area contributed by atoms with E-state index in [4.69, 9.17) is 4.42 Å². The lowest BCUT2D eigenvalue weighted by Crippen LogP contribution is -2.31. The molecule has 1 aromatic rings. The number of hydrogen-bond donors (Lipinski definition) is 1. The molecule has 19 heavy (non-hydrogen) atoms. The lowest BCUT2D eigenvalue weighted by molar-refractivity contribution is 0.0562. The van der Waals surface area contributed by atoms with E-state index >= 15 is 0 Å². The molecule has 0 atom stereocenters. The van der Waals surface area contributed by atoms with Gasteiger partial charge in [0.2, 0.25) is 5.76 Å². The summed E-state index contributed by atoms with van der Waals surface area (Å²) < 4.78 is 10.0. The summed E-state index contributed by atoms with van der Waals surface area (Å²) in [6.07, 6.45) is 6.57. The smallest absolute Gasteiger partial charge is 0.373 e. The second-order valence-electron chi connectivity index (χ2n) is 5.42. The molecule has 4 heteroatoms.